The predicted molar refractivity (Wildman–Crippen MR) is 77.9 cm³/mol. The molecule has 5 heteroatoms. The molecule has 1 unspecified atom stereocenters. The third-order valence-electron chi connectivity index (χ3n) is 3.06. The normalized spacial score (nSPS) is 11.7. The number of aryl methyl sites for hydroxylation is 1. The maximum atomic E-state index is 12.1. The second-order valence-electron chi connectivity index (χ2n) is 4.75. The second kappa shape index (κ2) is 6.65. The van der Waals surface area contributed by atoms with Crippen molar-refractivity contribution < 1.29 is 14.7 Å². The number of carbonyl (C=O) groups excluding carboxylic acids is 1. The fourth-order valence-electron chi connectivity index (χ4n) is 1.95. The highest BCUT2D eigenvalue weighted by Crippen LogP contribution is 2.18. The summed E-state index contributed by atoms with van der Waals surface area (Å²) in [6.07, 6.45) is 1.34. The Bertz CT molecular complexity index is 624. The lowest BCUT2D eigenvalue weighted by atomic mass is 10.0. The molecule has 0 saturated carbocycles. The van der Waals surface area contributed by atoms with E-state index < -0.39 is 12.0 Å². The van der Waals surface area contributed by atoms with Gasteiger partial charge in [-0.1, -0.05) is 35.9 Å². The Morgan fingerprint density at radius 1 is 1.19 bits per heavy atom. The van der Waals surface area contributed by atoms with Crippen molar-refractivity contribution >= 4 is 11.9 Å². The summed E-state index contributed by atoms with van der Waals surface area (Å²) in [4.78, 5) is 27.1. The van der Waals surface area contributed by atoms with Gasteiger partial charge in [0.25, 0.3) is 5.91 Å². The number of nitrogens with zero attached hydrogens (tertiary/aromatic N) is 1. The lowest BCUT2D eigenvalue weighted by Crippen LogP contribution is -2.30. The molecule has 21 heavy (non-hydrogen) atoms. The molecule has 2 rings (SSSR count). The van der Waals surface area contributed by atoms with Gasteiger partial charge in [-0.25, -0.2) is 0 Å². The number of carbonyl (C=O) groups is 2. The molecule has 0 radical (unpaired) electrons. The van der Waals surface area contributed by atoms with Crippen molar-refractivity contribution in [2.24, 2.45) is 0 Å². The van der Waals surface area contributed by atoms with E-state index in [1.807, 2.05) is 31.2 Å². The van der Waals surface area contributed by atoms with Crippen LogP contribution in [0.2, 0.25) is 0 Å². The van der Waals surface area contributed by atoms with Crippen LogP contribution in [-0.4, -0.2) is 22.0 Å². The fraction of sp³-hybridized carbons (Fsp3) is 0.188. The van der Waals surface area contributed by atoms with Crippen molar-refractivity contribution in [3.8, 4) is 0 Å². The van der Waals surface area contributed by atoms with E-state index in [-0.39, 0.29) is 18.0 Å². The smallest absolute Gasteiger partial charge is 0.305 e. The average molecular weight is 284 g/mol. The van der Waals surface area contributed by atoms with Gasteiger partial charge in [-0.05, 0) is 24.6 Å². The number of amides is 1. The Hall–Kier alpha value is -2.69. The minimum absolute atomic E-state index is 0.179. The first-order valence-electron chi connectivity index (χ1n) is 6.56. The zero-order valence-corrected chi connectivity index (χ0v) is 11.6. The van der Waals surface area contributed by atoms with Crippen molar-refractivity contribution in [2.75, 3.05) is 0 Å². The van der Waals surface area contributed by atoms with Gasteiger partial charge in [0, 0.05) is 6.20 Å². The highest BCUT2D eigenvalue weighted by atomic mass is 16.4. The summed E-state index contributed by atoms with van der Waals surface area (Å²) in [6, 6.07) is 11.8. The Morgan fingerprint density at radius 2 is 1.90 bits per heavy atom. The summed E-state index contributed by atoms with van der Waals surface area (Å²) in [5.41, 5.74) is 2.09. The van der Waals surface area contributed by atoms with E-state index in [4.69, 9.17) is 5.11 Å². The summed E-state index contributed by atoms with van der Waals surface area (Å²) in [7, 11) is 0. The molecule has 0 aliphatic heterocycles. The molecule has 1 aromatic carbocycles. The number of carboxylic acid groups (broad SMARTS) is 1. The number of pyridine rings is 1. The van der Waals surface area contributed by atoms with Gasteiger partial charge in [0.2, 0.25) is 0 Å². The Morgan fingerprint density at radius 3 is 2.48 bits per heavy atom. The van der Waals surface area contributed by atoms with Crippen LogP contribution in [0.1, 0.15) is 34.1 Å². The van der Waals surface area contributed by atoms with Gasteiger partial charge >= 0.3 is 5.97 Å². The molecular weight excluding hydrogens is 268 g/mol. The summed E-state index contributed by atoms with van der Waals surface area (Å²) < 4.78 is 0. The lowest BCUT2D eigenvalue weighted by molar-refractivity contribution is -0.137. The van der Waals surface area contributed by atoms with E-state index in [1.54, 1.807) is 18.2 Å². The van der Waals surface area contributed by atoms with Crippen LogP contribution in [-0.2, 0) is 4.79 Å². The van der Waals surface area contributed by atoms with E-state index in [2.05, 4.69) is 10.3 Å². The predicted octanol–water partition coefficient (Wildman–Crippen LogP) is 2.34. The molecule has 0 spiro atoms. The first kappa shape index (κ1) is 14.7. The summed E-state index contributed by atoms with van der Waals surface area (Å²) in [5, 5.41) is 11.7. The number of aromatic nitrogens is 1. The maximum absolute atomic E-state index is 12.1. The van der Waals surface area contributed by atoms with Crippen LogP contribution in [0.4, 0.5) is 0 Å². The quantitative estimate of drug-likeness (QED) is 0.883. The molecule has 1 amide bonds. The number of hydrogen-bond donors (Lipinski definition) is 2. The van der Waals surface area contributed by atoms with Crippen LogP contribution in [0.15, 0.2) is 48.7 Å². The van der Waals surface area contributed by atoms with E-state index in [1.165, 1.54) is 6.20 Å². The number of benzene rings is 1. The molecule has 0 fully saturated rings. The van der Waals surface area contributed by atoms with Crippen LogP contribution in [0.3, 0.4) is 0 Å². The molecule has 0 aliphatic rings. The van der Waals surface area contributed by atoms with Gasteiger partial charge in [0.1, 0.15) is 5.69 Å². The van der Waals surface area contributed by atoms with E-state index in [9.17, 15) is 9.59 Å². The summed E-state index contributed by atoms with van der Waals surface area (Å²) in [5.74, 6) is -1.36. The zero-order chi connectivity index (χ0) is 15.2. The highest BCUT2D eigenvalue weighted by molar-refractivity contribution is 5.92. The van der Waals surface area contributed by atoms with Crippen LogP contribution in [0.5, 0.6) is 0 Å². The number of carboxylic acids is 1. The van der Waals surface area contributed by atoms with Crippen LogP contribution >= 0.6 is 0 Å². The van der Waals surface area contributed by atoms with Gasteiger partial charge in [0.05, 0.1) is 12.5 Å². The van der Waals surface area contributed by atoms with Gasteiger partial charge in [-0.15, -0.1) is 0 Å². The van der Waals surface area contributed by atoms with E-state index >= 15 is 0 Å². The van der Waals surface area contributed by atoms with E-state index in [0.29, 0.717) is 0 Å². The van der Waals surface area contributed by atoms with E-state index in [0.717, 1.165) is 11.1 Å². The van der Waals surface area contributed by atoms with Crippen molar-refractivity contribution in [3.63, 3.8) is 0 Å². The van der Waals surface area contributed by atoms with Crippen LogP contribution in [0.25, 0.3) is 0 Å². The van der Waals surface area contributed by atoms with Gasteiger partial charge in [0.15, 0.2) is 0 Å². The number of nitrogens with one attached hydrogen (secondary N) is 1. The molecule has 108 valence electrons. The van der Waals surface area contributed by atoms with Crippen molar-refractivity contribution in [3.05, 3.63) is 65.5 Å². The SMILES string of the molecule is Cc1ccc(C(CC(=O)O)NC(=O)c2ccccn2)cc1. The second-order valence-corrected chi connectivity index (χ2v) is 4.75. The van der Waals surface area contributed by atoms with Gasteiger partial charge in [-0.3, -0.25) is 14.6 Å². The minimum atomic E-state index is -0.970. The van der Waals surface area contributed by atoms with Crippen LogP contribution < -0.4 is 5.32 Å². The Kier molecular flexibility index (Phi) is 4.66. The van der Waals surface area contributed by atoms with Crippen molar-refractivity contribution in [1.82, 2.24) is 10.3 Å². The monoisotopic (exact) mass is 284 g/mol. The molecular formula is C16H16N2O3. The molecule has 1 heterocycles. The number of hydrogen-bond acceptors (Lipinski definition) is 3. The minimum Gasteiger partial charge on any atom is -0.481 e. The molecule has 1 aromatic heterocycles. The largest absolute Gasteiger partial charge is 0.481 e. The Labute approximate surface area is 122 Å². The zero-order valence-electron chi connectivity index (χ0n) is 11.6. The third kappa shape index (κ3) is 4.14. The third-order valence-corrected chi connectivity index (χ3v) is 3.06. The van der Waals surface area contributed by atoms with Gasteiger partial charge < -0.3 is 10.4 Å². The molecule has 0 bridgehead atoms. The number of aliphatic carboxylic acids is 1. The summed E-state index contributed by atoms with van der Waals surface area (Å²) >= 11 is 0. The molecule has 1 atom stereocenters. The van der Waals surface area contributed by atoms with Crippen LogP contribution in [0, 0.1) is 6.92 Å². The maximum Gasteiger partial charge on any atom is 0.305 e. The first-order valence-corrected chi connectivity index (χ1v) is 6.56. The molecule has 2 N–H and O–H groups in total. The summed E-state index contributed by atoms with van der Waals surface area (Å²) in [6.45, 7) is 1.95. The molecule has 0 saturated heterocycles. The number of rotatable bonds is 5. The van der Waals surface area contributed by atoms with Gasteiger partial charge in [-0.2, -0.15) is 0 Å². The standard InChI is InChI=1S/C16H16N2O3/c1-11-5-7-12(8-6-11)14(10-15(19)20)18-16(21)13-4-2-3-9-17-13/h2-9,14H,10H2,1H3,(H,18,21)(H,19,20). The van der Waals surface area contributed by atoms with Crippen molar-refractivity contribution in [2.45, 2.75) is 19.4 Å². The lowest BCUT2D eigenvalue weighted by Gasteiger charge is -2.17. The molecule has 0 aliphatic carbocycles. The first-order chi connectivity index (χ1) is 10.1. The fourth-order valence-corrected chi connectivity index (χ4v) is 1.95. The Balaban J connectivity index is 2.18. The molecule has 5 nitrogen and oxygen atoms in total. The topological polar surface area (TPSA) is 79.3 Å². The average Bonchev–Trinajstić information content (AvgIpc) is 2.48. The molecule has 2 aromatic rings. The highest BCUT2D eigenvalue weighted by Gasteiger charge is 2.19. The van der Waals surface area contributed by atoms with Crippen molar-refractivity contribution in [1.29, 1.82) is 0 Å².